The van der Waals surface area contributed by atoms with E-state index in [1.165, 1.54) is 0 Å². The number of nitrogens with zero attached hydrogens (tertiary/aromatic N) is 2. The van der Waals surface area contributed by atoms with E-state index < -0.39 is 5.54 Å². The Morgan fingerprint density at radius 3 is 2.78 bits per heavy atom. The number of allylic oxidation sites excluding steroid dienone is 2. The average Bonchev–Trinajstić information content (AvgIpc) is 3.17. The molecule has 2 aliphatic carbocycles. The van der Waals surface area contributed by atoms with Crippen LogP contribution in [0.4, 0.5) is 0 Å². The predicted octanol–water partition coefficient (Wildman–Crippen LogP) is 1.61. The van der Waals surface area contributed by atoms with Crippen LogP contribution in [0.5, 0.6) is 0 Å². The van der Waals surface area contributed by atoms with Gasteiger partial charge in [0.25, 0.3) is 0 Å². The number of rotatable bonds is 2. The van der Waals surface area contributed by atoms with E-state index in [1.54, 1.807) is 6.20 Å². The lowest BCUT2D eigenvalue weighted by Gasteiger charge is -2.33. The molecule has 18 heavy (non-hydrogen) atoms. The summed E-state index contributed by atoms with van der Waals surface area (Å²) in [5.74, 6) is 0.504. The van der Waals surface area contributed by atoms with Crippen molar-refractivity contribution >= 4 is 11.6 Å². The molecule has 2 aliphatic rings. The van der Waals surface area contributed by atoms with Crippen LogP contribution in [0.2, 0.25) is 5.28 Å². The van der Waals surface area contributed by atoms with E-state index in [0.717, 1.165) is 24.1 Å². The van der Waals surface area contributed by atoms with Crippen molar-refractivity contribution in [2.75, 3.05) is 0 Å². The molecule has 3 rings (SSSR count). The van der Waals surface area contributed by atoms with Gasteiger partial charge in [-0.3, -0.25) is 0 Å². The molecule has 0 aliphatic heterocycles. The molecule has 2 atom stereocenters. The van der Waals surface area contributed by atoms with Crippen LogP contribution >= 0.6 is 11.6 Å². The minimum absolute atomic E-state index is 0.217. The van der Waals surface area contributed by atoms with E-state index in [4.69, 9.17) is 23.1 Å². The topological polar surface area (TPSA) is 77.8 Å². The van der Waals surface area contributed by atoms with Crippen LogP contribution in [-0.4, -0.2) is 16.0 Å². The number of hydrogen-bond donors (Lipinski definition) is 2. The molecule has 94 valence electrons. The average molecular weight is 263 g/mol. The molecule has 1 heterocycles. The highest BCUT2D eigenvalue weighted by Crippen LogP contribution is 2.44. The molecule has 0 bridgehead atoms. The van der Waals surface area contributed by atoms with Crippen LogP contribution in [-0.2, 0) is 5.54 Å². The van der Waals surface area contributed by atoms with Crippen molar-refractivity contribution in [3.63, 3.8) is 0 Å². The molecule has 1 fully saturated rings. The van der Waals surface area contributed by atoms with Gasteiger partial charge in [-0.2, -0.15) is 0 Å². The van der Waals surface area contributed by atoms with E-state index >= 15 is 0 Å². The third kappa shape index (κ3) is 1.86. The summed E-state index contributed by atoms with van der Waals surface area (Å²) in [5, 5.41) is 0.217. The summed E-state index contributed by atoms with van der Waals surface area (Å²) in [6, 6.07) is -0.300. The Kier molecular flexibility index (Phi) is 2.73. The highest BCUT2D eigenvalue weighted by atomic mass is 35.5. The van der Waals surface area contributed by atoms with Crippen molar-refractivity contribution < 1.29 is 0 Å². The number of nitrogens with two attached hydrogens (primary N) is 2. The van der Waals surface area contributed by atoms with Crippen LogP contribution < -0.4 is 11.5 Å². The van der Waals surface area contributed by atoms with Crippen molar-refractivity contribution in [1.29, 1.82) is 0 Å². The minimum atomic E-state index is -0.792. The summed E-state index contributed by atoms with van der Waals surface area (Å²) in [7, 11) is 0. The van der Waals surface area contributed by atoms with Gasteiger partial charge in [0.2, 0.25) is 5.28 Å². The van der Waals surface area contributed by atoms with Crippen LogP contribution in [0.3, 0.4) is 0 Å². The number of halogens is 1. The van der Waals surface area contributed by atoms with E-state index in [2.05, 4.69) is 9.97 Å². The summed E-state index contributed by atoms with van der Waals surface area (Å²) in [5.41, 5.74) is 13.6. The smallest absolute Gasteiger partial charge is 0.222 e. The SMILES string of the molecule is NC1C=CC=CC1(N)c1nc(Cl)ncc1C1CC1. The first-order chi connectivity index (χ1) is 8.61. The number of hydrogen-bond acceptors (Lipinski definition) is 4. The summed E-state index contributed by atoms with van der Waals surface area (Å²) in [6.45, 7) is 0. The Bertz CT molecular complexity index is 536. The van der Waals surface area contributed by atoms with Crippen LogP contribution in [0, 0.1) is 0 Å². The van der Waals surface area contributed by atoms with Crippen LogP contribution in [0.15, 0.2) is 30.5 Å². The van der Waals surface area contributed by atoms with Gasteiger partial charge in [0, 0.05) is 6.20 Å². The normalized spacial score (nSPS) is 30.7. The maximum atomic E-state index is 6.45. The zero-order chi connectivity index (χ0) is 12.8. The second kappa shape index (κ2) is 4.16. The fraction of sp³-hybridized carbons (Fsp3) is 0.385. The maximum Gasteiger partial charge on any atom is 0.222 e. The fourth-order valence-corrected chi connectivity index (χ4v) is 2.45. The van der Waals surface area contributed by atoms with Crippen molar-refractivity contribution in [2.24, 2.45) is 11.5 Å². The van der Waals surface area contributed by atoms with Crippen molar-refractivity contribution in [3.05, 3.63) is 47.0 Å². The molecule has 0 saturated heterocycles. The van der Waals surface area contributed by atoms with Gasteiger partial charge in [-0.25, -0.2) is 9.97 Å². The number of aromatic nitrogens is 2. The summed E-state index contributed by atoms with van der Waals surface area (Å²) in [6.07, 6.45) is 11.7. The molecule has 0 aromatic carbocycles. The molecular formula is C13H15ClN4. The largest absolute Gasteiger partial charge is 0.322 e. The van der Waals surface area contributed by atoms with E-state index in [-0.39, 0.29) is 11.3 Å². The summed E-state index contributed by atoms with van der Waals surface area (Å²) in [4.78, 5) is 8.41. The van der Waals surface area contributed by atoms with Gasteiger partial charge in [-0.1, -0.05) is 24.3 Å². The van der Waals surface area contributed by atoms with Gasteiger partial charge in [0.15, 0.2) is 0 Å². The lowest BCUT2D eigenvalue weighted by Crippen LogP contribution is -2.52. The first kappa shape index (κ1) is 11.8. The molecule has 0 spiro atoms. The monoisotopic (exact) mass is 262 g/mol. The third-order valence-electron chi connectivity index (χ3n) is 3.57. The van der Waals surface area contributed by atoms with Gasteiger partial charge in [-0.05, 0) is 35.9 Å². The first-order valence-corrected chi connectivity index (χ1v) is 6.42. The fourth-order valence-electron chi connectivity index (χ4n) is 2.32. The summed E-state index contributed by atoms with van der Waals surface area (Å²) < 4.78 is 0. The maximum absolute atomic E-state index is 6.45. The lowest BCUT2D eigenvalue weighted by atomic mass is 9.82. The molecule has 5 heteroatoms. The van der Waals surface area contributed by atoms with Crippen molar-refractivity contribution in [2.45, 2.75) is 30.3 Å². The molecule has 2 unspecified atom stereocenters. The molecule has 0 radical (unpaired) electrons. The Morgan fingerprint density at radius 1 is 1.33 bits per heavy atom. The first-order valence-electron chi connectivity index (χ1n) is 6.04. The summed E-state index contributed by atoms with van der Waals surface area (Å²) >= 11 is 5.91. The standard InChI is InChI=1S/C13H15ClN4/c14-12-17-7-9(8-4-5-8)11(18-12)13(16)6-2-1-3-10(13)15/h1-3,6-8,10H,4-5,15-16H2. The van der Waals surface area contributed by atoms with E-state index in [0.29, 0.717) is 5.92 Å². The highest BCUT2D eigenvalue weighted by Gasteiger charge is 2.39. The van der Waals surface area contributed by atoms with Crippen LogP contribution in [0.1, 0.15) is 30.0 Å². The predicted molar refractivity (Wildman–Crippen MR) is 71.1 cm³/mol. The van der Waals surface area contributed by atoms with Crippen LogP contribution in [0.25, 0.3) is 0 Å². The second-order valence-electron chi connectivity index (χ2n) is 4.92. The van der Waals surface area contributed by atoms with E-state index in [9.17, 15) is 0 Å². The molecule has 0 amide bonds. The highest BCUT2D eigenvalue weighted by molar-refractivity contribution is 6.28. The van der Waals surface area contributed by atoms with Gasteiger partial charge in [0.05, 0.1) is 17.3 Å². The molecule has 1 aromatic heterocycles. The Morgan fingerprint density at radius 2 is 2.11 bits per heavy atom. The molecule has 1 aromatic rings. The minimum Gasteiger partial charge on any atom is -0.322 e. The zero-order valence-electron chi connectivity index (χ0n) is 9.88. The van der Waals surface area contributed by atoms with Gasteiger partial charge in [-0.15, -0.1) is 0 Å². The van der Waals surface area contributed by atoms with Gasteiger partial charge in [0.1, 0.15) is 0 Å². The Balaban J connectivity index is 2.12. The van der Waals surface area contributed by atoms with Gasteiger partial charge < -0.3 is 11.5 Å². The van der Waals surface area contributed by atoms with E-state index in [1.807, 2.05) is 24.3 Å². The molecule has 4 N–H and O–H groups in total. The third-order valence-corrected chi connectivity index (χ3v) is 3.75. The zero-order valence-corrected chi connectivity index (χ0v) is 10.6. The molecule has 1 saturated carbocycles. The quantitative estimate of drug-likeness (QED) is 0.794. The Labute approximate surface area is 111 Å². The molecule has 4 nitrogen and oxygen atoms in total. The molecular weight excluding hydrogens is 248 g/mol. The second-order valence-corrected chi connectivity index (χ2v) is 5.26. The van der Waals surface area contributed by atoms with Gasteiger partial charge >= 0.3 is 0 Å². The lowest BCUT2D eigenvalue weighted by molar-refractivity contribution is 0.472. The Hall–Kier alpha value is -1.23. The van der Waals surface area contributed by atoms with Crippen molar-refractivity contribution in [1.82, 2.24) is 9.97 Å². The van der Waals surface area contributed by atoms with Crippen molar-refractivity contribution in [3.8, 4) is 0 Å².